The van der Waals surface area contributed by atoms with Crippen molar-refractivity contribution < 1.29 is 4.79 Å². The van der Waals surface area contributed by atoms with Gasteiger partial charge in [0.1, 0.15) is 4.99 Å². The molecule has 2 nitrogen and oxygen atoms in total. The number of rotatable bonds is 3. The Morgan fingerprint density at radius 3 is 2.57 bits per heavy atom. The largest absolute Gasteiger partial charge is 0.312 e. The van der Waals surface area contributed by atoms with Crippen molar-refractivity contribution >= 4 is 34.7 Å². The first kappa shape index (κ1) is 14.2. The van der Waals surface area contributed by atoms with Crippen LogP contribution < -0.4 is 5.32 Å². The SMILES string of the molecule is CC(Cl)(Cc1cccc2c1C(=O)NC2=S)c1ccccc1. The lowest BCUT2D eigenvalue weighted by Crippen LogP contribution is -2.21. The molecule has 1 N–H and O–H groups in total. The number of nitrogens with one attached hydrogen (secondary N) is 1. The van der Waals surface area contributed by atoms with Crippen molar-refractivity contribution in [3.63, 3.8) is 0 Å². The summed E-state index contributed by atoms with van der Waals surface area (Å²) >= 11 is 11.9. The summed E-state index contributed by atoms with van der Waals surface area (Å²) < 4.78 is 0. The first-order valence-corrected chi connectivity index (χ1v) is 7.50. The molecule has 0 saturated heterocycles. The molecule has 1 aliphatic heterocycles. The van der Waals surface area contributed by atoms with Crippen LogP contribution in [0.5, 0.6) is 0 Å². The van der Waals surface area contributed by atoms with Crippen LogP contribution >= 0.6 is 23.8 Å². The Labute approximate surface area is 134 Å². The van der Waals surface area contributed by atoms with Crippen LogP contribution in [0.3, 0.4) is 0 Å². The molecular weight excluding hydrogens is 302 g/mol. The van der Waals surface area contributed by atoms with Crippen molar-refractivity contribution in [3.8, 4) is 0 Å². The van der Waals surface area contributed by atoms with Crippen LogP contribution in [0.2, 0.25) is 0 Å². The molecule has 2 aromatic carbocycles. The second-order valence-electron chi connectivity index (χ2n) is 5.36. The molecule has 0 radical (unpaired) electrons. The number of halogens is 1. The van der Waals surface area contributed by atoms with Gasteiger partial charge in [0, 0.05) is 5.56 Å². The molecule has 0 saturated carbocycles. The van der Waals surface area contributed by atoms with E-state index in [0.717, 1.165) is 16.7 Å². The highest BCUT2D eigenvalue weighted by Gasteiger charge is 2.31. The van der Waals surface area contributed by atoms with Gasteiger partial charge in [-0.25, -0.2) is 0 Å². The maximum Gasteiger partial charge on any atom is 0.257 e. The number of alkyl halides is 1. The zero-order valence-corrected chi connectivity index (χ0v) is 13.1. The zero-order valence-electron chi connectivity index (χ0n) is 11.5. The van der Waals surface area contributed by atoms with Gasteiger partial charge in [-0.1, -0.05) is 60.7 Å². The van der Waals surface area contributed by atoms with E-state index in [0.29, 0.717) is 17.0 Å². The second-order valence-corrected chi connectivity index (χ2v) is 6.61. The van der Waals surface area contributed by atoms with Crippen LogP contribution in [0, 0.1) is 0 Å². The van der Waals surface area contributed by atoms with Crippen molar-refractivity contribution in [2.45, 2.75) is 18.2 Å². The summed E-state index contributed by atoms with van der Waals surface area (Å²) in [5, 5.41) is 2.70. The topological polar surface area (TPSA) is 29.1 Å². The van der Waals surface area contributed by atoms with Crippen molar-refractivity contribution in [1.29, 1.82) is 0 Å². The predicted molar refractivity (Wildman–Crippen MR) is 89.0 cm³/mol. The summed E-state index contributed by atoms with van der Waals surface area (Å²) in [6.07, 6.45) is 0.567. The van der Waals surface area contributed by atoms with Crippen LogP contribution in [-0.2, 0) is 11.3 Å². The number of carbonyl (C=O) groups excluding carboxylic acids is 1. The van der Waals surface area contributed by atoms with Crippen LogP contribution in [0.1, 0.15) is 34.0 Å². The van der Waals surface area contributed by atoms with E-state index in [9.17, 15) is 4.79 Å². The van der Waals surface area contributed by atoms with E-state index in [2.05, 4.69) is 5.32 Å². The lowest BCUT2D eigenvalue weighted by atomic mass is 9.89. The van der Waals surface area contributed by atoms with Crippen LogP contribution in [0.15, 0.2) is 48.5 Å². The molecule has 1 unspecified atom stereocenters. The summed E-state index contributed by atoms with van der Waals surface area (Å²) in [6, 6.07) is 15.6. The van der Waals surface area contributed by atoms with E-state index in [4.69, 9.17) is 23.8 Å². The molecule has 0 bridgehead atoms. The highest BCUT2D eigenvalue weighted by Crippen LogP contribution is 2.34. The maximum absolute atomic E-state index is 12.1. The molecule has 21 heavy (non-hydrogen) atoms. The second kappa shape index (κ2) is 5.24. The van der Waals surface area contributed by atoms with Crippen molar-refractivity contribution in [3.05, 3.63) is 70.8 Å². The first-order chi connectivity index (χ1) is 9.99. The number of hydrogen-bond donors (Lipinski definition) is 1. The number of carbonyl (C=O) groups is 1. The number of amides is 1. The summed E-state index contributed by atoms with van der Waals surface area (Å²) in [4.78, 5) is 12.0. The van der Waals surface area contributed by atoms with Crippen LogP contribution in [-0.4, -0.2) is 10.9 Å². The lowest BCUT2D eigenvalue weighted by Gasteiger charge is -2.23. The Balaban J connectivity index is 2.00. The summed E-state index contributed by atoms with van der Waals surface area (Å²) in [6.45, 7) is 1.97. The van der Waals surface area contributed by atoms with Gasteiger partial charge in [0.2, 0.25) is 0 Å². The van der Waals surface area contributed by atoms with E-state index in [1.165, 1.54) is 0 Å². The quantitative estimate of drug-likeness (QED) is 0.689. The normalized spacial score (nSPS) is 16.3. The van der Waals surface area contributed by atoms with E-state index in [1.54, 1.807) is 0 Å². The van der Waals surface area contributed by atoms with Crippen molar-refractivity contribution in [1.82, 2.24) is 5.32 Å². The third-order valence-corrected chi connectivity index (χ3v) is 4.42. The molecule has 3 rings (SSSR count). The fourth-order valence-electron chi connectivity index (χ4n) is 2.68. The molecule has 106 valence electrons. The van der Waals surface area contributed by atoms with E-state index in [1.807, 2.05) is 55.5 Å². The molecule has 1 aliphatic rings. The highest BCUT2D eigenvalue weighted by atomic mass is 35.5. The van der Waals surface area contributed by atoms with Gasteiger partial charge in [-0.3, -0.25) is 4.79 Å². The van der Waals surface area contributed by atoms with E-state index < -0.39 is 4.87 Å². The van der Waals surface area contributed by atoms with Gasteiger partial charge in [0.05, 0.1) is 10.4 Å². The molecule has 0 aliphatic carbocycles. The van der Waals surface area contributed by atoms with Gasteiger partial charge < -0.3 is 5.32 Å². The Bertz CT molecular complexity index is 725. The maximum atomic E-state index is 12.1. The number of thiocarbonyl (C=S) groups is 1. The Kier molecular flexibility index (Phi) is 3.56. The molecule has 4 heteroatoms. The summed E-state index contributed by atoms with van der Waals surface area (Å²) in [7, 11) is 0. The Hall–Kier alpha value is -1.71. The van der Waals surface area contributed by atoms with Crippen LogP contribution in [0.25, 0.3) is 0 Å². The molecule has 1 amide bonds. The van der Waals surface area contributed by atoms with Gasteiger partial charge in [-0.05, 0) is 24.5 Å². The Morgan fingerprint density at radius 2 is 1.86 bits per heavy atom. The molecule has 2 aromatic rings. The minimum atomic E-state index is -0.569. The number of benzene rings is 2. The highest BCUT2D eigenvalue weighted by molar-refractivity contribution is 7.80. The average Bonchev–Trinajstić information content (AvgIpc) is 2.76. The monoisotopic (exact) mass is 315 g/mol. The minimum Gasteiger partial charge on any atom is -0.312 e. The number of fused-ring (bicyclic) bond motifs is 1. The minimum absolute atomic E-state index is 0.133. The predicted octanol–water partition coefficient (Wildman–Crippen LogP) is 3.80. The fraction of sp³-hybridized carbons (Fsp3) is 0.176. The third kappa shape index (κ3) is 2.59. The van der Waals surface area contributed by atoms with Gasteiger partial charge in [-0.15, -0.1) is 11.6 Å². The standard InChI is InChI=1S/C17H14ClNOS/c1-17(18,12-7-3-2-4-8-12)10-11-6-5-9-13-14(11)15(20)19-16(13)21/h2-9H,10H2,1H3,(H,19,20,21). The molecule has 0 spiro atoms. The number of hydrogen-bond acceptors (Lipinski definition) is 2. The Morgan fingerprint density at radius 1 is 1.14 bits per heavy atom. The first-order valence-electron chi connectivity index (χ1n) is 6.71. The fourth-order valence-corrected chi connectivity index (χ4v) is 3.22. The van der Waals surface area contributed by atoms with Gasteiger partial charge >= 0.3 is 0 Å². The van der Waals surface area contributed by atoms with Gasteiger partial charge in [-0.2, -0.15) is 0 Å². The van der Waals surface area contributed by atoms with E-state index >= 15 is 0 Å². The van der Waals surface area contributed by atoms with E-state index in [-0.39, 0.29) is 5.91 Å². The smallest absolute Gasteiger partial charge is 0.257 e. The lowest BCUT2D eigenvalue weighted by molar-refractivity contribution is 0.0983. The van der Waals surface area contributed by atoms with Gasteiger partial charge in [0.25, 0.3) is 5.91 Å². The molecule has 0 fully saturated rings. The summed E-state index contributed by atoms with van der Waals surface area (Å²) in [5.74, 6) is -0.133. The molecule has 0 aromatic heterocycles. The third-order valence-electron chi connectivity index (χ3n) is 3.75. The van der Waals surface area contributed by atoms with Crippen molar-refractivity contribution in [2.75, 3.05) is 0 Å². The molecule has 1 heterocycles. The molecular formula is C17H14ClNOS. The average molecular weight is 316 g/mol. The van der Waals surface area contributed by atoms with Crippen molar-refractivity contribution in [2.24, 2.45) is 0 Å². The van der Waals surface area contributed by atoms with Crippen LogP contribution in [0.4, 0.5) is 0 Å². The molecule has 1 atom stereocenters. The zero-order chi connectivity index (χ0) is 15.0. The summed E-state index contributed by atoms with van der Waals surface area (Å²) in [5.41, 5.74) is 3.41. The van der Waals surface area contributed by atoms with Gasteiger partial charge in [0.15, 0.2) is 0 Å².